The van der Waals surface area contributed by atoms with Gasteiger partial charge >= 0.3 is 0 Å². The van der Waals surface area contributed by atoms with Crippen LogP contribution in [0.4, 0.5) is 5.69 Å². The summed E-state index contributed by atoms with van der Waals surface area (Å²) in [6, 6.07) is 15.5. The molecule has 0 saturated carbocycles. The number of nitrogens with zero attached hydrogens (tertiary/aromatic N) is 1. The molecule has 0 fully saturated rings. The van der Waals surface area contributed by atoms with Gasteiger partial charge in [0.1, 0.15) is 0 Å². The van der Waals surface area contributed by atoms with Gasteiger partial charge in [0.25, 0.3) is 0 Å². The summed E-state index contributed by atoms with van der Waals surface area (Å²) in [6.07, 6.45) is 0.263. The minimum absolute atomic E-state index is 0. The molecule has 0 aliphatic carbocycles. The van der Waals surface area contributed by atoms with Crippen LogP contribution in [0.2, 0.25) is 0 Å². The van der Waals surface area contributed by atoms with Crippen molar-refractivity contribution in [2.75, 3.05) is 19.4 Å². The van der Waals surface area contributed by atoms with E-state index in [0.717, 1.165) is 23.4 Å². The van der Waals surface area contributed by atoms with E-state index in [1.54, 1.807) is 0 Å². The molecule has 1 atom stereocenters. The van der Waals surface area contributed by atoms with Gasteiger partial charge in [0.15, 0.2) is 0 Å². The summed E-state index contributed by atoms with van der Waals surface area (Å²) in [5.41, 5.74) is 10.2. The molecular formula is C19H27Cl2N3O. The molecule has 0 aliphatic heterocycles. The van der Waals surface area contributed by atoms with Crippen molar-refractivity contribution < 1.29 is 4.79 Å². The average molecular weight is 384 g/mol. The van der Waals surface area contributed by atoms with Gasteiger partial charge in [0.05, 0.1) is 0 Å². The van der Waals surface area contributed by atoms with Crippen LogP contribution in [-0.2, 0) is 11.3 Å². The molecule has 0 heterocycles. The van der Waals surface area contributed by atoms with Crippen LogP contribution >= 0.6 is 24.8 Å². The number of benzene rings is 2. The molecule has 0 saturated heterocycles. The molecule has 6 heteroatoms. The molecule has 0 bridgehead atoms. The molecule has 0 aliphatic rings. The number of amides is 1. The highest BCUT2D eigenvalue weighted by Gasteiger charge is 2.13. The van der Waals surface area contributed by atoms with Gasteiger partial charge in [-0.1, -0.05) is 48.0 Å². The van der Waals surface area contributed by atoms with Crippen LogP contribution in [0.1, 0.15) is 29.2 Å². The number of rotatable bonds is 6. The molecule has 2 aromatic carbocycles. The third kappa shape index (κ3) is 7.45. The first-order chi connectivity index (χ1) is 11.0. The lowest BCUT2D eigenvalue weighted by Crippen LogP contribution is -2.22. The quantitative estimate of drug-likeness (QED) is 0.794. The van der Waals surface area contributed by atoms with Gasteiger partial charge in [-0.25, -0.2) is 0 Å². The molecule has 1 amide bonds. The van der Waals surface area contributed by atoms with Crippen molar-refractivity contribution in [1.82, 2.24) is 4.90 Å². The van der Waals surface area contributed by atoms with Crippen molar-refractivity contribution in [2.24, 2.45) is 5.73 Å². The second kappa shape index (κ2) is 11.1. The Hall–Kier alpha value is -1.59. The lowest BCUT2D eigenvalue weighted by Gasteiger charge is -2.17. The Morgan fingerprint density at radius 3 is 2.36 bits per heavy atom. The van der Waals surface area contributed by atoms with Gasteiger partial charge in [-0.2, -0.15) is 0 Å². The first-order valence-electron chi connectivity index (χ1n) is 7.80. The summed E-state index contributed by atoms with van der Waals surface area (Å²) in [4.78, 5) is 14.4. The van der Waals surface area contributed by atoms with Crippen molar-refractivity contribution in [3.05, 3.63) is 65.2 Å². The standard InChI is InChI=1S/C19H25N3O.2ClH/c1-14-9-10-18(16(11-14)13-22(2)3)21-19(23)12-17(20)15-7-5-4-6-8-15;;/h4-11,17H,12-13,20H2,1-3H3,(H,21,23);2*1H. The summed E-state index contributed by atoms with van der Waals surface area (Å²) in [6.45, 7) is 2.83. The van der Waals surface area contributed by atoms with E-state index in [9.17, 15) is 4.79 Å². The number of aryl methyl sites for hydroxylation is 1. The number of hydrogen-bond donors (Lipinski definition) is 2. The maximum absolute atomic E-state index is 12.3. The zero-order chi connectivity index (χ0) is 16.8. The Morgan fingerprint density at radius 2 is 1.76 bits per heavy atom. The minimum atomic E-state index is -0.293. The van der Waals surface area contributed by atoms with E-state index in [4.69, 9.17) is 5.73 Å². The molecule has 0 radical (unpaired) electrons. The Kier molecular flexibility index (Phi) is 10.4. The second-order valence-corrected chi connectivity index (χ2v) is 6.17. The maximum atomic E-state index is 12.3. The number of carbonyl (C=O) groups is 1. The smallest absolute Gasteiger partial charge is 0.226 e. The van der Waals surface area contributed by atoms with Gasteiger partial charge in [0, 0.05) is 24.7 Å². The van der Waals surface area contributed by atoms with Crippen molar-refractivity contribution in [2.45, 2.75) is 25.9 Å². The fourth-order valence-corrected chi connectivity index (χ4v) is 2.54. The van der Waals surface area contributed by atoms with E-state index in [2.05, 4.69) is 23.2 Å². The van der Waals surface area contributed by atoms with Gasteiger partial charge in [-0.15, -0.1) is 24.8 Å². The van der Waals surface area contributed by atoms with Gasteiger partial charge in [0.2, 0.25) is 5.91 Å². The van der Waals surface area contributed by atoms with Crippen molar-refractivity contribution >= 4 is 36.4 Å². The zero-order valence-electron chi connectivity index (χ0n) is 14.9. The maximum Gasteiger partial charge on any atom is 0.226 e. The molecule has 3 N–H and O–H groups in total. The molecule has 138 valence electrons. The van der Waals surface area contributed by atoms with Crippen molar-refractivity contribution in [3.8, 4) is 0 Å². The molecule has 0 spiro atoms. The monoisotopic (exact) mass is 383 g/mol. The summed E-state index contributed by atoms with van der Waals surface area (Å²) in [7, 11) is 4.03. The number of anilines is 1. The summed E-state index contributed by atoms with van der Waals surface area (Å²) in [5, 5.41) is 3.00. The molecular weight excluding hydrogens is 357 g/mol. The van der Waals surface area contributed by atoms with Gasteiger partial charge in [-0.05, 0) is 38.2 Å². The SMILES string of the molecule is Cc1ccc(NC(=O)CC(N)c2ccccc2)c(CN(C)C)c1.Cl.Cl. The number of hydrogen-bond acceptors (Lipinski definition) is 3. The Labute approximate surface area is 162 Å². The van der Waals surface area contributed by atoms with Crippen LogP contribution in [0.25, 0.3) is 0 Å². The van der Waals surface area contributed by atoms with Crippen LogP contribution in [0.3, 0.4) is 0 Å². The fraction of sp³-hybridized carbons (Fsp3) is 0.316. The van der Waals surface area contributed by atoms with Crippen molar-refractivity contribution in [3.63, 3.8) is 0 Å². The second-order valence-electron chi connectivity index (χ2n) is 6.17. The van der Waals surface area contributed by atoms with E-state index in [1.807, 2.05) is 56.6 Å². The van der Waals surface area contributed by atoms with Crippen LogP contribution in [0.5, 0.6) is 0 Å². The fourth-order valence-electron chi connectivity index (χ4n) is 2.54. The van der Waals surface area contributed by atoms with Crippen LogP contribution in [-0.4, -0.2) is 24.9 Å². The Bertz CT molecular complexity index is 663. The molecule has 4 nitrogen and oxygen atoms in total. The Morgan fingerprint density at radius 1 is 1.12 bits per heavy atom. The normalized spacial score (nSPS) is 11.2. The van der Waals surface area contributed by atoms with Crippen LogP contribution < -0.4 is 11.1 Å². The van der Waals surface area contributed by atoms with Crippen LogP contribution in [0, 0.1) is 6.92 Å². The van der Waals surface area contributed by atoms with E-state index >= 15 is 0 Å². The van der Waals surface area contributed by atoms with Gasteiger partial charge in [-0.3, -0.25) is 4.79 Å². The molecule has 1 unspecified atom stereocenters. The molecule has 2 aromatic rings. The van der Waals surface area contributed by atoms with Crippen LogP contribution in [0.15, 0.2) is 48.5 Å². The zero-order valence-corrected chi connectivity index (χ0v) is 16.5. The summed E-state index contributed by atoms with van der Waals surface area (Å²) in [5.74, 6) is -0.0646. The molecule has 0 aromatic heterocycles. The number of halogens is 2. The lowest BCUT2D eigenvalue weighted by atomic mass is 10.0. The third-order valence-corrected chi connectivity index (χ3v) is 3.65. The van der Waals surface area contributed by atoms with E-state index in [-0.39, 0.29) is 43.2 Å². The topological polar surface area (TPSA) is 58.4 Å². The molecule has 2 rings (SSSR count). The number of carbonyl (C=O) groups excluding carboxylic acids is 1. The highest BCUT2D eigenvalue weighted by molar-refractivity contribution is 5.92. The first-order valence-corrected chi connectivity index (χ1v) is 7.80. The number of nitrogens with two attached hydrogens (primary N) is 1. The van der Waals surface area contributed by atoms with Crippen molar-refractivity contribution in [1.29, 1.82) is 0 Å². The number of nitrogens with one attached hydrogen (secondary N) is 1. The predicted octanol–water partition coefficient (Wildman–Crippen LogP) is 3.93. The highest BCUT2D eigenvalue weighted by atomic mass is 35.5. The minimum Gasteiger partial charge on any atom is -0.326 e. The molecule has 25 heavy (non-hydrogen) atoms. The summed E-state index contributed by atoms with van der Waals surface area (Å²) < 4.78 is 0. The largest absolute Gasteiger partial charge is 0.326 e. The first kappa shape index (κ1) is 23.4. The van der Waals surface area contributed by atoms with Gasteiger partial charge < -0.3 is 16.0 Å². The van der Waals surface area contributed by atoms with E-state index in [1.165, 1.54) is 5.56 Å². The van der Waals surface area contributed by atoms with E-state index < -0.39 is 0 Å². The third-order valence-electron chi connectivity index (χ3n) is 3.65. The average Bonchev–Trinajstić information content (AvgIpc) is 2.50. The Balaban J connectivity index is 0.00000288. The highest BCUT2D eigenvalue weighted by Crippen LogP contribution is 2.20. The van der Waals surface area contributed by atoms with E-state index in [0.29, 0.717) is 0 Å². The summed E-state index contributed by atoms with van der Waals surface area (Å²) >= 11 is 0. The lowest BCUT2D eigenvalue weighted by molar-refractivity contribution is -0.116. The predicted molar refractivity (Wildman–Crippen MR) is 110 cm³/mol.